The molecule has 1 atom stereocenters. The molecular formula is C28H33N3O9S2. The SMILES string of the molecule is COC.COCCCOc1ccnc(CS(=O)c2nc3ccccc3n2S(=O)(=O)c2ccc(OCC(=O)O)cc2)c1C. The van der Waals surface area contributed by atoms with Crippen LogP contribution in [0.15, 0.2) is 70.8 Å². The number of carbonyl (C=O) groups is 1. The number of hydrogen-bond donors (Lipinski definition) is 1. The molecule has 2 aromatic carbocycles. The predicted molar refractivity (Wildman–Crippen MR) is 156 cm³/mol. The van der Waals surface area contributed by atoms with Gasteiger partial charge in [0.05, 0.1) is 44.8 Å². The molecule has 0 fully saturated rings. The van der Waals surface area contributed by atoms with Gasteiger partial charge in [0.1, 0.15) is 11.5 Å². The van der Waals surface area contributed by atoms with Gasteiger partial charge in [0.15, 0.2) is 6.61 Å². The lowest BCUT2D eigenvalue weighted by Crippen LogP contribution is -2.18. The molecule has 0 aliphatic heterocycles. The van der Waals surface area contributed by atoms with E-state index >= 15 is 0 Å². The summed E-state index contributed by atoms with van der Waals surface area (Å²) in [6.45, 7) is 2.24. The summed E-state index contributed by atoms with van der Waals surface area (Å²) in [7, 11) is -1.27. The van der Waals surface area contributed by atoms with Crippen molar-refractivity contribution in [3.05, 3.63) is 72.1 Å². The Bertz CT molecular complexity index is 1620. The minimum Gasteiger partial charge on any atom is -0.493 e. The Balaban J connectivity index is 0.00000155. The van der Waals surface area contributed by atoms with Crippen molar-refractivity contribution in [1.29, 1.82) is 0 Å². The Labute approximate surface area is 246 Å². The molecule has 1 unspecified atom stereocenters. The van der Waals surface area contributed by atoms with E-state index in [0.717, 1.165) is 3.97 Å². The van der Waals surface area contributed by atoms with Gasteiger partial charge >= 0.3 is 5.97 Å². The van der Waals surface area contributed by atoms with E-state index in [9.17, 15) is 17.4 Å². The van der Waals surface area contributed by atoms with E-state index in [1.165, 1.54) is 24.3 Å². The number of carboxylic acids is 1. The Morgan fingerprint density at radius 2 is 1.69 bits per heavy atom. The highest BCUT2D eigenvalue weighted by Crippen LogP contribution is 2.28. The van der Waals surface area contributed by atoms with Crippen molar-refractivity contribution in [2.24, 2.45) is 0 Å². The molecule has 0 saturated carbocycles. The van der Waals surface area contributed by atoms with Crippen LogP contribution in [0.2, 0.25) is 0 Å². The van der Waals surface area contributed by atoms with Gasteiger partial charge in [-0.15, -0.1) is 0 Å². The molecule has 0 radical (unpaired) electrons. The van der Waals surface area contributed by atoms with Crippen LogP contribution in [0.5, 0.6) is 11.5 Å². The van der Waals surface area contributed by atoms with E-state index in [1.807, 2.05) is 0 Å². The smallest absolute Gasteiger partial charge is 0.341 e. The lowest BCUT2D eigenvalue weighted by molar-refractivity contribution is -0.139. The summed E-state index contributed by atoms with van der Waals surface area (Å²) in [6, 6.07) is 13.6. The second-order valence-electron chi connectivity index (χ2n) is 8.78. The second-order valence-corrected chi connectivity index (χ2v) is 11.9. The maximum absolute atomic E-state index is 13.8. The normalized spacial score (nSPS) is 11.9. The van der Waals surface area contributed by atoms with Crippen LogP contribution in [0.3, 0.4) is 0 Å². The molecule has 226 valence electrons. The Morgan fingerprint density at radius 1 is 1.00 bits per heavy atom. The molecule has 4 aromatic rings. The Hall–Kier alpha value is -3.85. The van der Waals surface area contributed by atoms with Gasteiger partial charge in [-0.1, -0.05) is 12.1 Å². The van der Waals surface area contributed by atoms with Gasteiger partial charge in [-0.05, 0) is 49.4 Å². The first-order valence-electron chi connectivity index (χ1n) is 12.7. The summed E-state index contributed by atoms with van der Waals surface area (Å²) in [6.07, 6.45) is 2.26. The molecule has 42 heavy (non-hydrogen) atoms. The van der Waals surface area contributed by atoms with E-state index in [4.69, 9.17) is 19.3 Å². The van der Waals surface area contributed by atoms with E-state index in [0.29, 0.717) is 42.2 Å². The Kier molecular flexibility index (Phi) is 12.0. The first-order valence-corrected chi connectivity index (χ1v) is 15.4. The summed E-state index contributed by atoms with van der Waals surface area (Å²) in [5.41, 5.74) is 1.83. The quantitative estimate of drug-likeness (QED) is 0.219. The summed E-state index contributed by atoms with van der Waals surface area (Å²) >= 11 is 0. The number of imidazole rings is 1. The molecule has 2 aromatic heterocycles. The number of para-hydroxylation sites is 2. The lowest BCUT2D eigenvalue weighted by Gasteiger charge is -2.13. The fourth-order valence-electron chi connectivity index (χ4n) is 3.75. The minimum atomic E-state index is -4.24. The molecule has 0 aliphatic carbocycles. The number of ether oxygens (including phenoxy) is 4. The Morgan fingerprint density at radius 3 is 2.36 bits per heavy atom. The van der Waals surface area contributed by atoms with Crippen molar-refractivity contribution in [3.8, 4) is 11.5 Å². The van der Waals surface area contributed by atoms with Crippen molar-refractivity contribution in [2.75, 3.05) is 41.2 Å². The largest absolute Gasteiger partial charge is 0.493 e. The first-order chi connectivity index (χ1) is 20.1. The van der Waals surface area contributed by atoms with Crippen molar-refractivity contribution in [3.63, 3.8) is 0 Å². The van der Waals surface area contributed by atoms with Gasteiger partial charge in [0, 0.05) is 46.1 Å². The number of aromatic nitrogens is 3. The predicted octanol–water partition coefficient (Wildman–Crippen LogP) is 3.43. The van der Waals surface area contributed by atoms with Gasteiger partial charge < -0.3 is 24.1 Å². The molecule has 2 heterocycles. The standard InChI is InChI=1S/C26H27N3O8S2.C2H6O/c1-18-22(27-13-12-24(18)36-15-5-14-35-2)17-38(32)26-28-21-6-3-4-7-23(21)29(26)39(33,34)20-10-8-19(9-11-20)37-16-25(30)31;1-3-2/h3-4,6-13H,5,14-17H2,1-2H3,(H,30,31);1-2H3. The molecule has 0 spiro atoms. The zero-order chi connectivity index (χ0) is 30.7. The molecule has 0 bridgehead atoms. The number of methoxy groups -OCH3 is 2. The number of fused-ring (bicyclic) bond motifs is 1. The summed E-state index contributed by atoms with van der Waals surface area (Å²) < 4.78 is 62.3. The summed E-state index contributed by atoms with van der Waals surface area (Å²) in [5, 5.41) is 8.64. The van der Waals surface area contributed by atoms with Crippen molar-refractivity contribution < 1.29 is 41.5 Å². The zero-order valence-electron chi connectivity index (χ0n) is 23.7. The van der Waals surface area contributed by atoms with E-state index in [-0.39, 0.29) is 27.1 Å². The topological polar surface area (TPSA) is 156 Å². The first kappa shape index (κ1) is 32.7. The number of rotatable bonds is 13. The van der Waals surface area contributed by atoms with Gasteiger partial charge in [0.2, 0.25) is 5.16 Å². The number of nitrogens with zero attached hydrogens (tertiary/aromatic N) is 3. The number of carboxylic acid groups (broad SMARTS) is 1. The van der Waals surface area contributed by atoms with Crippen LogP contribution < -0.4 is 9.47 Å². The molecule has 0 aliphatic rings. The molecule has 14 heteroatoms. The zero-order valence-corrected chi connectivity index (χ0v) is 25.3. The monoisotopic (exact) mass is 619 g/mol. The van der Waals surface area contributed by atoms with Crippen LogP contribution in [0.1, 0.15) is 17.7 Å². The van der Waals surface area contributed by atoms with Gasteiger partial charge in [-0.25, -0.2) is 22.2 Å². The highest BCUT2D eigenvalue weighted by Gasteiger charge is 2.28. The van der Waals surface area contributed by atoms with Crippen LogP contribution in [0.25, 0.3) is 11.0 Å². The minimum absolute atomic E-state index is 0.0814. The van der Waals surface area contributed by atoms with Crippen molar-refractivity contribution in [2.45, 2.75) is 29.1 Å². The molecule has 4 rings (SSSR count). The number of pyridine rings is 1. The molecule has 0 saturated heterocycles. The molecule has 0 amide bonds. The third-order valence-corrected chi connectivity index (χ3v) is 8.75. The maximum Gasteiger partial charge on any atom is 0.341 e. The van der Waals surface area contributed by atoms with Gasteiger partial charge in [0.25, 0.3) is 10.0 Å². The van der Waals surface area contributed by atoms with E-state index in [1.54, 1.807) is 64.8 Å². The number of benzene rings is 2. The molecule has 12 nitrogen and oxygen atoms in total. The third kappa shape index (κ3) is 8.12. The molecular weight excluding hydrogens is 586 g/mol. The van der Waals surface area contributed by atoms with Gasteiger partial charge in [-0.3, -0.25) is 9.19 Å². The van der Waals surface area contributed by atoms with Crippen LogP contribution >= 0.6 is 0 Å². The fraction of sp³-hybridized carbons (Fsp3) is 0.321. The van der Waals surface area contributed by atoms with Crippen LogP contribution in [0.4, 0.5) is 0 Å². The van der Waals surface area contributed by atoms with Crippen LogP contribution in [-0.4, -0.2) is 78.8 Å². The van der Waals surface area contributed by atoms with Crippen molar-refractivity contribution in [1.82, 2.24) is 13.9 Å². The van der Waals surface area contributed by atoms with E-state index in [2.05, 4.69) is 14.7 Å². The third-order valence-electron chi connectivity index (χ3n) is 5.70. The number of aliphatic carboxylic acids is 1. The fourth-order valence-corrected chi connectivity index (χ4v) is 6.80. The lowest BCUT2D eigenvalue weighted by atomic mass is 10.2. The highest BCUT2D eigenvalue weighted by molar-refractivity contribution is 7.91. The van der Waals surface area contributed by atoms with Crippen LogP contribution in [-0.2, 0) is 40.8 Å². The van der Waals surface area contributed by atoms with E-state index < -0.39 is 33.4 Å². The average molecular weight is 620 g/mol. The number of hydrogen-bond acceptors (Lipinski definition) is 10. The van der Waals surface area contributed by atoms with Crippen LogP contribution in [0, 0.1) is 6.92 Å². The summed E-state index contributed by atoms with van der Waals surface area (Å²) in [4.78, 5) is 19.4. The summed E-state index contributed by atoms with van der Waals surface area (Å²) in [5.74, 6) is -0.445. The highest BCUT2D eigenvalue weighted by atomic mass is 32.2. The maximum atomic E-state index is 13.8. The van der Waals surface area contributed by atoms with Gasteiger partial charge in [-0.2, -0.15) is 0 Å². The molecule has 1 N–H and O–H groups in total. The van der Waals surface area contributed by atoms with Crippen molar-refractivity contribution >= 4 is 37.8 Å². The second kappa shape index (κ2) is 15.4. The average Bonchev–Trinajstić information content (AvgIpc) is 3.37.